The number of rotatable bonds is 3. The van der Waals surface area contributed by atoms with Crippen LogP contribution in [0.15, 0.2) is 14.7 Å². The highest BCUT2D eigenvalue weighted by molar-refractivity contribution is 5.98. The van der Waals surface area contributed by atoms with Crippen LogP contribution in [0.1, 0.15) is 25.1 Å². The lowest BCUT2D eigenvalue weighted by molar-refractivity contribution is 0.159. The largest absolute Gasteiger partial charge is 0.396 e. The summed E-state index contributed by atoms with van der Waals surface area (Å²) in [4.78, 5) is 31.8. The van der Waals surface area contributed by atoms with Gasteiger partial charge in [0.15, 0.2) is 0 Å². The van der Waals surface area contributed by atoms with E-state index in [1.165, 1.54) is 0 Å². The van der Waals surface area contributed by atoms with Crippen molar-refractivity contribution in [2.24, 2.45) is 5.16 Å². The zero-order chi connectivity index (χ0) is 11.4. The van der Waals surface area contributed by atoms with Crippen molar-refractivity contribution in [1.82, 2.24) is 9.97 Å². The Morgan fingerprint density at radius 1 is 1.40 bits per heavy atom. The van der Waals surface area contributed by atoms with Crippen molar-refractivity contribution in [2.75, 3.05) is 6.61 Å². The standard InChI is InChI=1S/C9H13N3O3/c1-4-15-12-6(3)7-5(2)10-9(14)11-8(7)13/h4H2,1-3H3,(H2,10,11,13,14)/b12-6-. The van der Waals surface area contributed by atoms with Gasteiger partial charge in [0.25, 0.3) is 5.56 Å². The molecule has 6 nitrogen and oxygen atoms in total. The molecular formula is C9H13N3O3. The fraction of sp³-hybridized carbons (Fsp3) is 0.444. The van der Waals surface area contributed by atoms with Gasteiger partial charge >= 0.3 is 5.69 Å². The molecule has 82 valence electrons. The van der Waals surface area contributed by atoms with Crippen LogP contribution in [0.5, 0.6) is 0 Å². The number of oxime groups is 1. The third-order valence-electron chi connectivity index (χ3n) is 1.82. The molecule has 1 heterocycles. The zero-order valence-corrected chi connectivity index (χ0v) is 8.88. The third kappa shape index (κ3) is 2.55. The third-order valence-corrected chi connectivity index (χ3v) is 1.82. The van der Waals surface area contributed by atoms with E-state index < -0.39 is 11.2 Å². The summed E-state index contributed by atoms with van der Waals surface area (Å²) in [6.07, 6.45) is 0. The van der Waals surface area contributed by atoms with Gasteiger partial charge < -0.3 is 9.82 Å². The lowest BCUT2D eigenvalue weighted by Crippen LogP contribution is -2.29. The number of aromatic nitrogens is 2. The van der Waals surface area contributed by atoms with Crippen LogP contribution < -0.4 is 11.2 Å². The molecule has 0 aliphatic carbocycles. The molecule has 15 heavy (non-hydrogen) atoms. The first-order chi connectivity index (χ1) is 7.06. The minimum Gasteiger partial charge on any atom is -0.396 e. The number of aryl methyl sites for hydroxylation is 1. The van der Waals surface area contributed by atoms with Gasteiger partial charge in [-0.05, 0) is 20.8 Å². The highest BCUT2D eigenvalue weighted by Gasteiger charge is 2.09. The Balaban J connectivity index is 3.26. The highest BCUT2D eigenvalue weighted by Crippen LogP contribution is 1.98. The second-order valence-electron chi connectivity index (χ2n) is 3.00. The van der Waals surface area contributed by atoms with E-state index in [0.717, 1.165) is 0 Å². The van der Waals surface area contributed by atoms with Crippen LogP contribution in [-0.4, -0.2) is 22.3 Å². The van der Waals surface area contributed by atoms with E-state index in [1.54, 1.807) is 20.8 Å². The van der Waals surface area contributed by atoms with Gasteiger partial charge in [0, 0.05) is 5.69 Å². The minimum atomic E-state index is -0.523. The van der Waals surface area contributed by atoms with Crippen LogP contribution in [0.2, 0.25) is 0 Å². The van der Waals surface area contributed by atoms with Gasteiger partial charge in [-0.3, -0.25) is 9.78 Å². The van der Waals surface area contributed by atoms with Crippen molar-refractivity contribution in [3.05, 3.63) is 32.1 Å². The maximum Gasteiger partial charge on any atom is 0.325 e. The Labute approximate surface area is 86.0 Å². The highest BCUT2D eigenvalue weighted by atomic mass is 16.6. The molecule has 6 heteroatoms. The lowest BCUT2D eigenvalue weighted by atomic mass is 10.1. The van der Waals surface area contributed by atoms with E-state index in [9.17, 15) is 9.59 Å². The number of hydrogen-bond donors (Lipinski definition) is 2. The molecule has 0 aliphatic heterocycles. The summed E-state index contributed by atoms with van der Waals surface area (Å²) < 4.78 is 0. The van der Waals surface area contributed by atoms with E-state index in [1.807, 2.05) is 0 Å². The van der Waals surface area contributed by atoms with Crippen LogP contribution in [0.25, 0.3) is 0 Å². The van der Waals surface area contributed by atoms with E-state index in [4.69, 9.17) is 4.84 Å². The van der Waals surface area contributed by atoms with Crippen molar-refractivity contribution >= 4 is 5.71 Å². The molecule has 0 spiro atoms. The van der Waals surface area contributed by atoms with Gasteiger partial charge in [0.2, 0.25) is 0 Å². The molecule has 0 aromatic carbocycles. The van der Waals surface area contributed by atoms with Crippen molar-refractivity contribution in [1.29, 1.82) is 0 Å². The summed E-state index contributed by atoms with van der Waals surface area (Å²) in [6.45, 7) is 5.50. The smallest absolute Gasteiger partial charge is 0.325 e. The molecule has 0 saturated heterocycles. The number of nitrogens with zero attached hydrogens (tertiary/aromatic N) is 1. The molecule has 0 amide bonds. The van der Waals surface area contributed by atoms with Gasteiger partial charge in [-0.1, -0.05) is 5.16 Å². The molecule has 0 aliphatic rings. The average Bonchev–Trinajstić information content (AvgIpc) is 2.12. The van der Waals surface area contributed by atoms with Gasteiger partial charge in [-0.2, -0.15) is 0 Å². The first-order valence-corrected chi connectivity index (χ1v) is 4.56. The van der Waals surface area contributed by atoms with Crippen LogP contribution in [0.4, 0.5) is 0 Å². The number of aromatic amines is 2. The van der Waals surface area contributed by atoms with E-state index >= 15 is 0 Å². The predicted octanol–water partition coefficient (Wildman–Crippen LogP) is 0.132. The van der Waals surface area contributed by atoms with Gasteiger partial charge in [-0.15, -0.1) is 0 Å². The summed E-state index contributed by atoms with van der Waals surface area (Å²) in [7, 11) is 0. The normalized spacial score (nSPS) is 11.5. The minimum absolute atomic E-state index is 0.336. The number of H-pyrrole nitrogens is 2. The van der Waals surface area contributed by atoms with Gasteiger partial charge in [-0.25, -0.2) is 4.79 Å². The molecule has 1 aromatic heterocycles. The molecule has 0 radical (unpaired) electrons. The summed E-state index contributed by atoms with van der Waals surface area (Å²) >= 11 is 0. The fourth-order valence-corrected chi connectivity index (χ4v) is 1.24. The summed E-state index contributed by atoms with van der Waals surface area (Å²) in [5.74, 6) is 0. The predicted molar refractivity (Wildman–Crippen MR) is 56.3 cm³/mol. The molecule has 2 N–H and O–H groups in total. The second-order valence-corrected chi connectivity index (χ2v) is 3.00. The quantitative estimate of drug-likeness (QED) is 0.550. The van der Waals surface area contributed by atoms with Gasteiger partial charge in [0.1, 0.15) is 6.61 Å². The van der Waals surface area contributed by atoms with Crippen molar-refractivity contribution in [3.63, 3.8) is 0 Å². The molecular weight excluding hydrogens is 198 g/mol. The van der Waals surface area contributed by atoms with Crippen molar-refractivity contribution in [2.45, 2.75) is 20.8 Å². The maximum absolute atomic E-state index is 11.5. The second kappa shape index (κ2) is 4.59. The Hall–Kier alpha value is -1.85. The fourth-order valence-electron chi connectivity index (χ4n) is 1.24. The maximum atomic E-state index is 11.5. The topological polar surface area (TPSA) is 87.3 Å². The van der Waals surface area contributed by atoms with Crippen LogP contribution in [0.3, 0.4) is 0 Å². The van der Waals surface area contributed by atoms with E-state index in [2.05, 4.69) is 15.1 Å². The Morgan fingerprint density at radius 2 is 2.07 bits per heavy atom. The van der Waals surface area contributed by atoms with Crippen LogP contribution >= 0.6 is 0 Å². The molecule has 0 unspecified atom stereocenters. The lowest BCUT2D eigenvalue weighted by Gasteiger charge is -2.02. The van der Waals surface area contributed by atoms with Crippen LogP contribution in [0, 0.1) is 6.92 Å². The Bertz CT molecular complexity index is 484. The number of nitrogens with one attached hydrogen (secondary N) is 2. The number of hydrogen-bond acceptors (Lipinski definition) is 4. The molecule has 1 aromatic rings. The first kappa shape index (κ1) is 11.2. The van der Waals surface area contributed by atoms with E-state index in [0.29, 0.717) is 23.6 Å². The molecule has 0 fully saturated rings. The van der Waals surface area contributed by atoms with Crippen LogP contribution in [-0.2, 0) is 4.84 Å². The first-order valence-electron chi connectivity index (χ1n) is 4.56. The average molecular weight is 211 g/mol. The molecule has 0 atom stereocenters. The van der Waals surface area contributed by atoms with Crippen molar-refractivity contribution in [3.8, 4) is 0 Å². The Kier molecular flexibility index (Phi) is 3.43. The summed E-state index contributed by atoms with van der Waals surface area (Å²) in [5.41, 5.74) is 0.266. The molecule has 0 bridgehead atoms. The zero-order valence-electron chi connectivity index (χ0n) is 8.88. The SMILES string of the molecule is CCO/N=C(/C)c1c(C)[nH]c(=O)[nH]c1=O. The molecule has 1 rings (SSSR count). The van der Waals surface area contributed by atoms with Gasteiger partial charge in [0.05, 0.1) is 11.3 Å². The van der Waals surface area contributed by atoms with Crippen molar-refractivity contribution < 1.29 is 4.84 Å². The summed E-state index contributed by atoms with van der Waals surface area (Å²) in [5, 5.41) is 3.74. The Morgan fingerprint density at radius 3 is 2.60 bits per heavy atom. The molecule has 0 saturated carbocycles. The summed E-state index contributed by atoms with van der Waals surface area (Å²) in [6, 6.07) is 0. The monoisotopic (exact) mass is 211 g/mol. The van der Waals surface area contributed by atoms with E-state index in [-0.39, 0.29) is 0 Å².